The summed E-state index contributed by atoms with van der Waals surface area (Å²) in [4.78, 5) is 23.6. The van der Waals surface area contributed by atoms with Gasteiger partial charge in [-0.1, -0.05) is 18.2 Å². The first-order valence-electron chi connectivity index (χ1n) is 8.91. The summed E-state index contributed by atoms with van der Waals surface area (Å²) in [6.07, 6.45) is 2.53. The standard InChI is InChI=1S/C21H20N4O3/c1-27-15-7-8-16(19(13-15)28-2)23-20(26)17-9-11-22-21(24-17)25-12-10-14-5-3-4-6-18(14)25/h3-9,11,13H,10,12H2,1-2H3,(H,23,26). The summed E-state index contributed by atoms with van der Waals surface area (Å²) in [6, 6.07) is 14.9. The van der Waals surface area contributed by atoms with Gasteiger partial charge < -0.3 is 19.7 Å². The van der Waals surface area contributed by atoms with Gasteiger partial charge in [-0.15, -0.1) is 0 Å². The lowest BCUT2D eigenvalue weighted by Gasteiger charge is -2.17. The van der Waals surface area contributed by atoms with Crippen LogP contribution in [0.1, 0.15) is 16.1 Å². The fourth-order valence-corrected chi connectivity index (χ4v) is 3.24. The van der Waals surface area contributed by atoms with Crippen LogP contribution in [0.3, 0.4) is 0 Å². The Balaban J connectivity index is 1.58. The van der Waals surface area contributed by atoms with Crippen LogP contribution in [0.4, 0.5) is 17.3 Å². The Kier molecular flexibility index (Phi) is 4.80. The van der Waals surface area contributed by atoms with Crippen LogP contribution in [0.5, 0.6) is 11.5 Å². The minimum atomic E-state index is -0.334. The smallest absolute Gasteiger partial charge is 0.274 e. The van der Waals surface area contributed by atoms with Gasteiger partial charge in [0.1, 0.15) is 17.2 Å². The summed E-state index contributed by atoms with van der Waals surface area (Å²) >= 11 is 0. The number of rotatable bonds is 5. The van der Waals surface area contributed by atoms with Crippen molar-refractivity contribution in [2.45, 2.75) is 6.42 Å². The molecule has 0 fully saturated rings. The average Bonchev–Trinajstić information content (AvgIpc) is 3.18. The number of ether oxygens (including phenoxy) is 2. The molecule has 28 heavy (non-hydrogen) atoms. The Hall–Kier alpha value is -3.61. The van der Waals surface area contributed by atoms with Crippen LogP contribution in [0, 0.1) is 0 Å². The van der Waals surface area contributed by atoms with Crippen LogP contribution in [0.25, 0.3) is 0 Å². The maximum absolute atomic E-state index is 12.7. The molecule has 3 aromatic rings. The molecule has 0 bridgehead atoms. The van der Waals surface area contributed by atoms with Crippen molar-refractivity contribution in [3.05, 3.63) is 66.0 Å². The molecular weight excluding hydrogens is 356 g/mol. The largest absolute Gasteiger partial charge is 0.497 e. The minimum Gasteiger partial charge on any atom is -0.497 e. The maximum Gasteiger partial charge on any atom is 0.274 e. The van der Waals surface area contributed by atoms with Gasteiger partial charge in [-0.05, 0) is 36.2 Å². The molecule has 0 saturated carbocycles. The summed E-state index contributed by atoms with van der Waals surface area (Å²) in [5, 5.41) is 2.84. The first-order valence-corrected chi connectivity index (χ1v) is 8.91. The molecule has 0 atom stereocenters. The van der Waals surface area contributed by atoms with Gasteiger partial charge in [0.05, 0.1) is 19.9 Å². The molecule has 1 aliphatic rings. The van der Waals surface area contributed by atoms with Crippen molar-refractivity contribution >= 4 is 23.2 Å². The molecule has 7 heteroatoms. The number of methoxy groups -OCH3 is 2. The Labute approximate surface area is 163 Å². The van der Waals surface area contributed by atoms with Crippen molar-refractivity contribution in [2.24, 2.45) is 0 Å². The van der Waals surface area contributed by atoms with Crippen molar-refractivity contribution in [1.82, 2.24) is 9.97 Å². The van der Waals surface area contributed by atoms with E-state index in [1.165, 1.54) is 12.7 Å². The van der Waals surface area contributed by atoms with E-state index >= 15 is 0 Å². The third-order valence-corrected chi connectivity index (χ3v) is 4.66. The first-order chi connectivity index (χ1) is 13.7. The Bertz CT molecular complexity index is 1020. The Morgan fingerprint density at radius 1 is 1.11 bits per heavy atom. The highest BCUT2D eigenvalue weighted by Crippen LogP contribution is 2.32. The van der Waals surface area contributed by atoms with Gasteiger partial charge in [0.2, 0.25) is 5.95 Å². The highest BCUT2D eigenvalue weighted by atomic mass is 16.5. The fourth-order valence-electron chi connectivity index (χ4n) is 3.24. The van der Waals surface area contributed by atoms with Gasteiger partial charge >= 0.3 is 0 Å². The third-order valence-electron chi connectivity index (χ3n) is 4.66. The number of hydrogen-bond acceptors (Lipinski definition) is 6. The van der Waals surface area contributed by atoms with Crippen LogP contribution in [-0.2, 0) is 6.42 Å². The SMILES string of the molecule is COc1ccc(NC(=O)c2ccnc(N3CCc4ccccc43)n2)c(OC)c1. The van der Waals surface area contributed by atoms with Gasteiger partial charge in [0.15, 0.2) is 0 Å². The molecule has 0 spiro atoms. The van der Waals surface area contributed by atoms with E-state index in [2.05, 4.69) is 21.4 Å². The van der Waals surface area contributed by atoms with E-state index in [1.807, 2.05) is 23.1 Å². The van der Waals surface area contributed by atoms with E-state index in [0.29, 0.717) is 23.1 Å². The molecule has 0 unspecified atom stereocenters. The maximum atomic E-state index is 12.7. The number of fused-ring (bicyclic) bond motifs is 1. The molecule has 2 heterocycles. The molecular formula is C21H20N4O3. The number of anilines is 3. The van der Waals surface area contributed by atoms with Gasteiger partial charge in [0, 0.05) is 24.5 Å². The van der Waals surface area contributed by atoms with E-state index < -0.39 is 0 Å². The lowest BCUT2D eigenvalue weighted by Crippen LogP contribution is -2.20. The summed E-state index contributed by atoms with van der Waals surface area (Å²) in [7, 11) is 3.12. The van der Waals surface area contributed by atoms with Crippen LogP contribution in [-0.4, -0.2) is 36.6 Å². The van der Waals surface area contributed by atoms with Crippen molar-refractivity contribution < 1.29 is 14.3 Å². The van der Waals surface area contributed by atoms with E-state index in [4.69, 9.17) is 9.47 Å². The summed E-state index contributed by atoms with van der Waals surface area (Å²) in [6.45, 7) is 0.788. The highest BCUT2D eigenvalue weighted by molar-refractivity contribution is 6.03. The first kappa shape index (κ1) is 17.8. The zero-order chi connectivity index (χ0) is 19.5. The minimum absolute atomic E-state index is 0.284. The summed E-state index contributed by atoms with van der Waals surface area (Å²) in [5.74, 6) is 1.33. The molecule has 0 radical (unpaired) electrons. The summed E-state index contributed by atoms with van der Waals surface area (Å²) in [5.41, 5.74) is 3.16. The number of carbonyl (C=O) groups is 1. The predicted octanol–water partition coefficient (Wildman–Crippen LogP) is 3.44. The van der Waals surface area contributed by atoms with Crippen molar-refractivity contribution in [1.29, 1.82) is 0 Å². The second-order valence-corrected chi connectivity index (χ2v) is 6.29. The number of nitrogens with one attached hydrogen (secondary N) is 1. The van der Waals surface area contributed by atoms with Crippen LogP contribution < -0.4 is 19.7 Å². The van der Waals surface area contributed by atoms with E-state index in [-0.39, 0.29) is 11.6 Å². The molecule has 4 rings (SSSR count). The monoisotopic (exact) mass is 376 g/mol. The predicted molar refractivity (Wildman–Crippen MR) is 107 cm³/mol. The number of para-hydroxylation sites is 1. The average molecular weight is 376 g/mol. The number of hydrogen-bond donors (Lipinski definition) is 1. The van der Waals surface area contributed by atoms with Gasteiger partial charge in [-0.3, -0.25) is 4.79 Å². The van der Waals surface area contributed by atoms with E-state index in [0.717, 1.165) is 18.7 Å². The Morgan fingerprint density at radius 2 is 1.96 bits per heavy atom. The van der Waals surface area contributed by atoms with E-state index in [9.17, 15) is 4.79 Å². The topological polar surface area (TPSA) is 76.6 Å². The van der Waals surface area contributed by atoms with Gasteiger partial charge in [0.25, 0.3) is 5.91 Å². The third kappa shape index (κ3) is 3.34. The van der Waals surface area contributed by atoms with Crippen LogP contribution >= 0.6 is 0 Å². The molecule has 1 N–H and O–H groups in total. The van der Waals surface area contributed by atoms with Gasteiger partial charge in [-0.2, -0.15) is 0 Å². The lowest BCUT2D eigenvalue weighted by molar-refractivity contribution is 0.102. The lowest BCUT2D eigenvalue weighted by atomic mass is 10.2. The van der Waals surface area contributed by atoms with Crippen LogP contribution in [0.15, 0.2) is 54.7 Å². The summed E-state index contributed by atoms with van der Waals surface area (Å²) < 4.78 is 10.5. The fraction of sp³-hybridized carbons (Fsp3) is 0.190. The second kappa shape index (κ2) is 7.56. The number of aromatic nitrogens is 2. The highest BCUT2D eigenvalue weighted by Gasteiger charge is 2.23. The number of amides is 1. The molecule has 142 valence electrons. The molecule has 1 amide bonds. The zero-order valence-electron chi connectivity index (χ0n) is 15.7. The Morgan fingerprint density at radius 3 is 2.79 bits per heavy atom. The molecule has 1 aliphatic heterocycles. The van der Waals surface area contributed by atoms with Crippen LogP contribution in [0.2, 0.25) is 0 Å². The van der Waals surface area contributed by atoms with Crippen molar-refractivity contribution in [2.75, 3.05) is 31.0 Å². The van der Waals surface area contributed by atoms with Crippen molar-refractivity contribution in [3.8, 4) is 11.5 Å². The number of nitrogens with zero attached hydrogens (tertiary/aromatic N) is 3. The molecule has 1 aromatic heterocycles. The van der Waals surface area contributed by atoms with E-state index in [1.54, 1.807) is 37.6 Å². The molecule has 7 nitrogen and oxygen atoms in total. The second-order valence-electron chi connectivity index (χ2n) is 6.29. The van der Waals surface area contributed by atoms with Gasteiger partial charge in [-0.25, -0.2) is 9.97 Å². The molecule has 0 aliphatic carbocycles. The van der Waals surface area contributed by atoms with Crippen molar-refractivity contribution in [3.63, 3.8) is 0 Å². The quantitative estimate of drug-likeness (QED) is 0.735. The normalized spacial score (nSPS) is 12.4. The molecule has 2 aromatic carbocycles. The zero-order valence-corrected chi connectivity index (χ0v) is 15.7. The molecule has 0 saturated heterocycles. The number of carbonyl (C=O) groups excluding carboxylic acids is 1. The number of benzene rings is 2.